The summed E-state index contributed by atoms with van der Waals surface area (Å²) < 4.78 is 15.5. The van der Waals surface area contributed by atoms with E-state index in [2.05, 4.69) is 0 Å². The molecule has 0 aromatic carbocycles. The smallest absolute Gasteiger partial charge is 0.319 e. The summed E-state index contributed by atoms with van der Waals surface area (Å²) in [6.45, 7) is 3.52. The summed E-state index contributed by atoms with van der Waals surface area (Å²) in [4.78, 5) is 19.9. The van der Waals surface area contributed by atoms with Gasteiger partial charge in [-0.2, -0.15) is 0 Å². The quantitative estimate of drug-likeness (QED) is 0.398. The first kappa shape index (κ1) is 12.6. The Hall–Kier alpha value is -0.380. The molecule has 6 heteroatoms. The first-order valence-corrected chi connectivity index (χ1v) is 5.97. The zero-order valence-electron chi connectivity index (χ0n) is 7.90. The fourth-order valence-electron chi connectivity index (χ4n) is 0.589. The van der Waals surface area contributed by atoms with Gasteiger partial charge in [0.1, 0.15) is 5.66 Å². The van der Waals surface area contributed by atoms with E-state index in [1.54, 1.807) is 0 Å². The lowest BCUT2D eigenvalue weighted by Crippen LogP contribution is -2.23. The van der Waals surface area contributed by atoms with Crippen LogP contribution in [-0.2, 0) is 14.1 Å². The van der Waals surface area contributed by atoms with Crippen LogP contribution in [-0.4, -0.2) is 23.1 Å². The molecule has 0 heterocycles. The number of ether oxygens (including phenoxy) is 1. The molecule has 0 rings (SSSR count). The van der Waals surface area contributed by atoms with Crippen LogP contribution in [0.3, 0.4) is 0 Å². The van der Waals surface area contributed by atoms with E-state index in [1.165, 1.54) is 6.92 Å². The van der Waals surface area contributed by atoms with Crippen LogP contribution in [0, 0.1) is 0 Å². The third-order valence-electron chi connectivity index (χ3n) is 1.64. The minimum absolute atomic E-state index is 0.277. The monoisotopic (exact) mass is 209 g/mol. The summed E-state index contributed by atoms with van der Waals surface area (Å²) in [5.41, 5.74) is 3.76. The minimum Gasteiger partial charge on any atom is -0.465 e. The van der Waals surface area contributed by atoms with Crippen molar-refractivity contribution in [1.29, 1.82) is 0 Å². The van der Waals surface area contributed by atoms with E-state index in [0.29, 0.717) is 0 Å². The van der Waals surface area contributed by atoms with E-state index in [0.717, 1.165) is 12.8 Å². The first-order valence-electron chi connectivity index (χ1n) is 4.17. The van der Waals surface area contributed by atoms with Gasteiger partial charge < -0.3 is 9.63 Å². The Kier molecular flexibility index (Phi) is 5.21. The molecule has 13 heavy (non-hydrogen) atoms. The summed E-state index contributed by atoms with van der Waals surface area (Å²) in [7, 11) is -3.84. The summed E-state index contributed by atoms with van der Waals surface area (Å²) >= 11 is 0. The van der Waals surface area contributed by atoms with Gasteiger partial charge in [0.05, 0.1) is 6.61 Å². The Bertz CT molecular complexity index is 213. The largest absolute Gasteiger partial charge is 0.465 e. The molecule has 0 aromatic heterocycles. The van der Waals surface area contributed by atoms with Gasteiger partial charge >= 0.3 is 5.97 Å². The molecule has 1 unspecified atom stereocenters. The third-order valence-corrected chi connectivity index (χ3v) is 2.96. The van der Waals surface area contributed by atoms with Gasteiger partial charge in [-0.15, -0.1) is 0 Å². The Morgan fingerprint density at radius 1 is 1.69 bits per heavy atom. The third kappa shape index (κ3) is 5.03. The summed E-state index contributed by atoms with van der Waals surface area (Å²) in [5.74, 6) is -0.707. The maximum atomic E-state index is 11.0. The van der Waals surface area contributed by atoms with E-state index in [9.17, 15) is 9.36 Å². The van der Waals surface area contributed by atoms with Crippen LogP contribution in [0.5, 0.6) is 0 Å². The van der Waals surface area contributed by atoms with Gasteiger partial charge in [-0.1, -0.05) is 13.3 Å². The predicted molar refractivity (Wildman–Crippen MR) is 49.3 cm³/mol. The molecular weight excluding hydrogens is 193 g/mol. The SMILES string of the molecule is CCCCOC(=O)[C@H](C)P(N)(=O)O. The molecule has 5 nitrogen and oxygen atoms in total. The lowest BCUT2D eigenvalue weighted by atomic mass is 10.4. The van der Waals surface area contributed by atoms with Crippen LogP contribution in [0.15, 0.2) is 0 Å². The molecule has 0 saturated carbocycles. The van der Waals surface area contributed by atoms with Crippen molar-refractivity contribution >= 4 is 13.5 Å². The van der Waals surface area contributed by atoms with E-state index in [-0.39, 0.29) is 6.61 Å². The average Bonchev–Trinajstić information content (AvgIpc) is 2.01. The molecule has 0 bridgehead atoms. The molecule has 0 aromatic rings. The second kappa shape index (κ2) is 5.37. The Morgan fingerprint density at radius 3 is 2.62 bits per heavy atom. The number of esters is 1. The number of carbonyl (C=O) groups excluding carboxylic acids is 1. The highest BCUT2D eigenvalue weighted by Gasteiger charge is 2.30. The Labute approximate surface area is 77.8 Å². The number of nitrogens with two attached hydrogens (primary N) is 1. The average molecular weight is 209 g/mol. The van der Waals surface area contributed by atoms with Gasteiger partial charge in [0.2, 0.25) is 0 Å². The highest BCUT2D eigenvalue weighted by Crippen LogP contribution is 2.37. The van der Waals surface area contributed by atoms with Gasteiger partial charge in [0, 0.05) is 0 Å². The van der Waals surface area contributed by atoms with Crippen molar-refractivity contribution in [1.82, 2.24) is 0 Å². The summed E-state index contributed by atoms with van der Waals surface area (Å²) in [6.07, 6.45) is 1.65. The molecule has 78 valence electrons. The van der Waals surface area contributed by atoms with Crippen molar-refractivity contribution in [3.63, 3.8) is 0 Å². The zero-order chi connectivity index (χ0) is 10.5. The van der Waals surface area contributed by atoms with Gasteiger partial charge in [-0.3, -0.25) is 14.9 Å². The molecule has 0 aliphatic carbocycles. The molecule has 3 N–H and O–H groups in total. The van der Waals surface area contributed by atoms with E-state index >= 15 is 0 Å². The van der Waals surface area contributed by atoms with Gasteiger partial charge in [-0.05, 0) is 13.3 Å². The normalized spacial score (nSPS) is 17.5. The molecular formula is C7H16NO4P. The molecule has 0 fully saturated rings. The molecule has 2 atom stereocenters. The maximum absolute atomic E-state index is 11.0. The van der Waals surface area contributed by atoms with Crippen LogP contribution in [0.1, 0.15) is 26.7 Å². The molecule has 0 aliphatic rings. The van der Waals surface area contributed by atoms with E-state index in [4.69, 9.17) is 15.1 Å². The first-order chi connectivity index (χ1) is 5.89. The van der Waals surface area contributed by atoms with Crippen molar-refractivity contribution < 1.29 is 19.0 Å². The number of hydrogen-bond acceptors (Lipinski definition) is 3. The van der Waals surface area contributed by atoms with Crippen molar-refractivity contribution in [2.24, 2.45) is 5.50 Å². The van der Waals surface area contributed by atoms with Gasteiger partial charge in [0.25, 0.3) is 7.52 Å². The standard InChI is InChI=1S/C7H16NO4P/c1-3-4-5-12-7(9)6(2)13(8,10)11/h6H,3-5H2,1-2H3,(H3,8,10,11)/t6-/m0/s1. The maximum Gasteiger partial charge on any atom is 0.319 e. The second-order valence-corrected chi connectivity index (χ2v) is 4.99. The lowest BCUT2D eigenvalue weighted by molar-refractivity contribution is -0.143. The number of rotatable bonds is 5. The molecule has 0 saturated heterocycles. The second-order valence-electron chi connectivity index (χ2n) is 2.87. The summed E-state index contributed by atoms with van der Waals surface area (Å²) in [6, 6.07) is 0. The van der Waals surface area contributed by atoms with Crippen LogP contribution in [0.2, 0.25) is 0 Å². The minimum atomic E-state index is -3.84. The highest BCUT2D eigenvalue weighted by molar-refractivity contribution is 7.57. The Balaban J connectivity index is 3.91. The number of carbonyl (C=O) groups is 1. The zero-order valence-corrected chi connectivity index (χ0v) is 8.79. The van der Waals surface area contributed by atoms with Crippen molar-refractivity contribution in [3.05, 3.63) is 0 Å². The van der Waals surface area contributed by atoms with Crippen LogP contribution in [0.25, 0.3) is 0 Å². The van der Waals surface area contributed by atoms with Crippen molar-refractivity contribution in [3.8, 4) is 0 Å². The molecule has 0 amide bonds. The molecule has 0 spiro atoms. The van der Waals surface area contributed by atoms with Crippen LogP contribution in [0.4, 0.5) is 0 Å². The van der Waals surface area contributed by atoms with Crippen molar-refractivity contribution in [2.75, 3.05) is 6.61 Å². The van der Waals surface area contributed by atoms with Crippen LogP contribution < -0.4 is 5.50 Å². The fraction of sp³-hybridized carbons (Fsp3) is 0.857. The fourth-order valence-corrected chi connectivity index (χ4v) is 0.965. The van der Waals surface area contributed by atoms with Gasteiger partial charge in [0.15, 0.2) is 0 Å². The van der Waals surface area contributed by atoms with E-state index < -0.39 is 19.1 Å². The van der Waals surface area contributed by atoms with E-state index in [1.807, 2.05) is 6.92 Å². The number of hydrogen-bond donors (Lipinski definition) is 2. The molecule has 0 radical (unpaired) electrons. The number of unbranched alkanes of at least 4 members (excludes halogenated alkanes) is 1. The van der Waals surface area contributed by atoms with Crippen LogP contribution >= 0.6 is 7.52 Å². The lowest BCUT2D eigenvalue weighted by Gasteiger charge is -2.13. The Morgan fingerprint density at radius 2 is 2.23 bits per heavy atom. The topological polar surface area (TPSA) is 89.6 Å². The molecule has 0 aliphatic heterocycles. The predicted octanol–water partition coefficient (Wildman–Crippen LogP) is 0.862. The van der Waals surface area contributed by atoms with Crippen molar-refractivity contribution in [2.45, 2.75) is 32.3 Å². The van der Waals surface area contributed by atoms with Gasteiger partial charge in [-0.25, -0.2) is 0 Å². The highest BCUT2D eigenvalue weighted by atomic mass is 31.2. The summed E-state index contributed by atoms with van der Waals surface area (Å²) in [5, 5.41) is 0.